The Morgan fingerprint density at radius 3 is 3.06 bits per heavy atom. The van der Waals surface area contributed by atoms with Gasteiger partial charge in [-0.15, -0.1) is 0 Å². The molecule has 0 bridgehead atoms. The van der Waals surface area contributed by atoms with E-state index in [0.29, 0.717) is 17.6 Å². The van der Waals surface area contributed by atoms with E-state index >= 15 is 0 Å². The minimum atomic E-state index is 0.362. The maximum absolute atomic E-state index is 9.57. The molecule has 1 aliphatic heterocycles. The lowest BCUT2D eigenvalue weighted by molar-refractivity contribution is 0.469. The van der Waals surface area contributed by atoms with Gasteiger partial charge in [0.15, 0.2) is 0 Å². The van der Waals surface area contributed by atoms with E-state index in [9.17, 15) is 5.11 Å². The summed E-state index contributed by atoms with van der Waals surface area (Å²) in [6.07, 6.45) is 1.13. The minimum absolute atomic E-state index is 0.362. The van der Waals surface area contributed by atoms with Gasteiger partial charge in [-0.1, -0.05) is 13.8 Å². The predicted molar refractivity (Wildman–Crippen MR) is 71.7 cm³/mol. The fourth-order valence-electron chi connectivity index (χ4n) is 2.34. The molecule has 1 aromatic rings. The molecule has 1 aliphatic rings. The smallest absolute Gasteiger partial charge is 0.116 e. The SMILES string of the molecule is CC(C)CNCC1CCNc2ccc(O)cc21. The first-order valence-corrected chi connectivity index (χ1v) is 6.44. The van der Waals surface area contributed by atoms with Crippen LogP contribution in [0.4, 0.5) is 5.69 Å². The second kappa shape index (κ2) is 5.41. The van der Waals surface area contributed by atoms with Crippen LogP contribution in [0, 0.1) is 5.92 Å². The van der Waals surface area contributed by atoms with Crippen LogP contribution < -0.4 is 10.6 Å². The number of aromatic hydroxyl groups is 1. The molecular formula is C14H22N2O. The zero-order chi connectivity index (χ0) is 12.3. The maximum atomic E-state index is 9.57. The normalized spacial score (nSPS) is 18.9. The Kier molecular flexibility index (Phi) is 3.89. The number of hydrogen-bond donors (Lipinski definition) is 3. The Morgan fingerprint density at radius 1 is 1.47 bits per heavy atom. The lowest BCUT2D eigenvalue weighted by Gasteiger charge is -2.27. The van der Waals surface area contributed by atoms with Gasteiger partial charge < -0.3 is 15.7 Å². The molecule has 0 spiro atoms. The average Bonchev–Trinajstić information content (AvgIpc) is 2.29. The lowest BCUT2D eigenvalue weighted by Crippen LogP contribution is -2.29. The van der Waals surface area contributed by atoms with Gasteiger partial charge in [-0.2, -0.15) is 0 Å². The summed E-state index contributed by atoms with van der Waals surface area (Å²) in [5.74, 6) is 1.55. The Labute approximate surface area is 103 Å². The Morgan fingerprint density at radius 2 is 2.29 bits per heavy atom. The van der Waals surface area contributed by atoms with Crippen LogP contribution in [0.2, 0.25) is 0 Å². The van der Waals surface area contributed by atoms with Crippen LogP contribution in [0.15, 0.2) is 18.2 Å². The summed E-state index contributed by atoms with van der Waals surface area (Å²) in [6, 6.07) is 5.61. The average molecular weight is 234 g/mol. The predicted octanol–water partition coefficient (Wildman–Crippen LogP) is 2.54. The summed E-state index contributed by atoms with van der Waals surface area (Å²) < 4.78 is 0. The highest BCUT2D eigenvalue weighted by Crippen LogP contribution is 2.33. The number of rotatable bonds is 4. The molecule has 17 heavy (non-hydrogen) atoms. The van der Waals surface area contributed by atoms with Gasteiger partial charge in [0.25, 0.3) is 0 Å². The highest BCUT2D eigenvalue weighted by Gasteiger charge is 2.19. The lowest BCUT2D eigenvalue weighted by atomic mass is 9.90. The van der Waals surface area contributed by atoms with Crippen molar-refractivity contribution in [1.82, 2.24) is 5.32 Å². The van der Waals surface area contributed by atoms with E-state index < -0.39 is 0 Å². The third-order valence-electron chi connectivity index (χ3n) is 3.23. The van der Waals surface area contributed by atoms with Gasteiger partial charge in [0, 0.05) is 24.7 Å². The van der Waals surface area contributed by atoms with Crippen molar-refractivity contribution in [3.05, 3.63) is 23.8 Å². The second-order valence-electron chi connectivity index (χ2n) is 5.24. The van der Waals surface area contributed by atoms with E-state index in [1.54, 1.807) is 6.07 Å². The van der Waals surface area contributed by atoms with E-state index in [0.717, 1.165) is 26.1 Å². The van der Waals surface area contributed by atoms with Gasteiger partial charge in [0.1, 0.15) is 5.75 Å². The monoisotopic (exact) mass is 234 g/mol. The highest BCUT2D eigenvalue weighted by molar-refractivity contribution is 5.57. The minimum Gasteiger partial charge on any atom is -0.508 e. The molecule has 3 nitrogen and oxygen atoms in total. The molecule has 1 aromatic carbocycles. The number of anilines is 1. The molecule has 0 aliphatic carbocycles. The fourth-order valence-corrected chi connectivity index (χ4v) is 2.34. The van der Waals surface area contributed by atoms with E-state index in [4.69, 9.17) is 0 Å². The number of phenolic OH excluding ortho intramolecular Hbond substituents is 1. The molecule has 0 radical (unpaired) electrons. The van der Waals surface area contributed by atoms with Crippen molar-refractivity contribution in [1.29, 1.82) is 0 Å². The molecule has 0 amide bonds. The molecule has 0 saturated heterocycles. The standard InChI is InChI=1S/C14H22N2O/c1-10(2)8-15-9-11-5-6-16-14-4-3-12(17)7-13(11)14/h3-4,7,10-11,15-17H,5-6,8-9H2,1-2H3. The molecule has 0 saturated carbocycles. The number of benzene rings is 1. The van der Waals surface area contributed by atoms with Crippen LogP contribution in [-0.2, 0) is 0 Å². The van der Waals surface area contributed by atoms with Crippen LogP contribution in [0.1, 0.15) is 31.7 Å². The first-order valence-electron chi connectivity index (χ1n) is 6.44. The van der Waals surface area contributed by atoms with Crippen LogP contribution in [0.3, 0.4) is 0 Å². The van der Waals surface area contributed by atoms with E-state index in [1.807, 2.05) is 12.1 Å². The summed E-state index contributed by atoms with van der Waals surface area (Å²) in [5.41, 5.74) is 2.41. The summed E-state index contributed by atoms with van der Waals surface area (Å²) in [5, 5.41) is 16.5. The van der Waals surface area contributed by atoms with Gasteiger partial charge in [-0.25, -0.2) is 0 Å². The first kappa shape index (κ1) is 12.2. The number of nitrogens with one attached hydrogen (secondary N) is 2. The summed E-state index contributed by atoms with van der Waals surface area (Å²) in [7, 11) is 0. The van der Waals surface area contributed by atoms with E-state index in [-0.39, 0.29) is 0 Å². The largest absolute Gasteiger partial charge is 0.508 e. The summed E-state index contributed by atoms with van der Waals surface area (Å²) in [4.78, 5) is 0. The molecule has 0 fully saturated rings. The highest BCUT2D eigenvalue weighted by atomic mass is 16.3. The van der Waals surface area contributed by atoms with Crippen LogP contribution >= 0.6 is 0 Å². The van der Waals surface area contributed by atoms with Crippen molar-refractivity contribution in [3.63, 3.8) is 0 Å². The van der Waals surface area contributed by atoms with Crippen molar-refractivity contribution in [3.8, 4) is 5.75 Å². The topological polar surface area (TPSA) is 44.3 Å². The summed E-state index contributed by atoms with van der Waals surface area (Å²) >= 11 is 0. The fraction of sp³-hybridized carbons (Fsp3) is 0.571. The quantitative estimate of drug-likeness (QED) is 0.701. The molecule has 94 valence electrons. The van der Waals surface area contributed by atoms with Gasteiger partial charge in [0.05, 0.1) is 0 Å². The maximum Gasteiger partial charge on any atom is 0.116 e. The van der Waals surface area contributed by atoms with Crippen LogP contribution in [0.5, 0.6) is 5.75 Å². The molecule has 3 N–H and O–H groups in total. The third-order valence-corrected chi connectivity index (χ3v) is 3.23. The number of hydrogen-bond acceptors (Lipinski definition) is 3. The van der Waals surface area contributed by atoms with Crippen LogP contribution in [0.25, 0.3) is 0 Å². The Hall–Kier alpha value is -1.22. The van der Waals surface area contributed by atoms with Crippen molar-refractivity contribution < 1.29 is 5.11 Å². The van der Waals surface area contributed by atoms with E-state index in [1.165, 1.54) is 11.3 Å². The first-order chi connectivity index (χ1) is 8.16. The van der Waals surface area contributed by atoms with E-state index in [2.05, 4.69) is 24.5 Å². The summed E-state index contributed by atoms with van der Waals surface area (Å²) in [6.45, 7) is 7.50. The number of phenols is 1. The molecule has 3 heteroatoms. The second-order valence-corrected chi connectivity index (χ2v) is 5.24. The number of fused-ring (bicyclic) bond motifs is 1. The van der Waals surface area contributed by atoms with Gasteiger partial charge in [-0.3, -0.25) is 0 Å². The molecule has 2 rings (SSSR count). The van der Waals surface area contributed by atoms with Crippen molar-refractivity contribution in [2.75, 3.05) is 25.0 Å². The zero-order valence-corrected chi connectivity index (χ0v) is 10.7. The van der Waals surface area contributed by atoms with Crippen molar-refractivity contribution in [2.24, 2.45) is 5.92 Å². The van der Waals surface area contributed by atoms with Gasteiger partial charge in [0.2, 0.25) is 0 Å². The molecule has 0 aromatic heterocycles. The molecule has 1 heterocycles. The van der Waals surface area contributed by atoms with Crippen molar-refractivity contribution >= 4 is 5.69 Å². The zero-order valence-electron chi connectivity index (χ0n) is 10.7. The van der Waals surface area contributed by atoms with Crippen molar-refractivity contribution in [2.45, 2.75) is 26.2 Å². The van der Waals surface area contributed by atoms with Gasteiger partial charge in [-0.05, 0) is 42.6 Å². The van der Waals surface area contributed by atoms with Crippen LogP contribution in [-0.4, -0.2) is 24.7 Å². The Balaban J connectivity index is 2.03. The molecule has 1 unspecified atom stereocenters. The third kappa shape index (κ3) is 3.13. The Bertz CT molecular complexity index is 376. The molecular weight excluding hydrogens is 212 g/mol. The molecule has 1 atom stereocenters. The van der Waals surface area contributed by atoms with Gasteiger partial charge >= 0.3 is 0 Å².